The van der Waals surface area contributed by atoms with E-state index in [1.165, 1.54) is 64.2 Å². The lowest BCUT2D eigenvalue weighted by Gasteiger charge is -2.48. The van der Waals surface area contributed by atoms with Crippen LogP contribution in [0.2, 0.25) is 0 Å². The average Bonchev–Trinajstić information content (AvgIpc) is 2.67. The molecule has 0 aromatic heterocycles. The summed E-state index contributed by atoms with van der Waals surface area (Å²) in [5.41, 5.74) is 1.18. The lowest BCUT2D eigenvalue weighted by atomic mass is 9.72. The second-order valence-corrected chi connectivity index (χ2v) is 11.8. The van der Waals surface area contributed by atoms with Crippen LogP contribution in [0.3, 0.4) is 0 Å². The Bertz CT molecular complexity index is 537. The van der Waals surface area contributed by atoms with Crippen LogP contribution < -0.4 is 0 Å². The molecule has 0 spiro atoms. The van der Waals surface area contributed by atoms with Crippen LogP contribution in [0.4, 0.5) is 0 Å². The highest BCUT2D eigenvalue weighted by Gasteiger charge is 2.43. The lowest BCUT2D eigenvalue weighted by Crippen LogP contribution is -2.47. The van der Waals surface area contributed by atoms with Gasteiger partial charge in [0.25, 0.3) is 0 Å². The molecule has 2 nitrogen and oxygen atoms in total. The fourth-order valence-corrected chi connectivity index (χ4v) is 5.77. The summed E-state index contributed by atoms with van der Waals surface area (Å²) in [5, 5.41) is 10.2. The highest BCUT2D eigenvalue weighted by molar-refractivity contribution is 5.16. The largest absolute Gasteiger partial charge is 0.512 e. The number of aliphatic hydroxyl groups excluding tert-OH is 1. The van der Waals surface area contributed by atoms with Gasteiger partial charge in [-0.3, -0.25) is 0 Å². The van der Waals surface area contributed by atoms with Crippen molar-refractivity contribution in [1.29, 1.82) is 0 Å². The highest BCUT2D eigenvalue weighted by Crippen LogP contribution is 2.45. The van der Waals surface area contributed by atoms with Crippen molar-refractivity contribution < 1.29 is 9.84 Å². The van der Waals surface area contributed by atoms with Crippen LogP contribution in [0, 0.1) is 29.6 Å². The summed E-state index contributed by atoms with van der Waals surface area (Å²) in [7, 11) is 0. The maximum atomic E-state index is 10.2. The molecule has 2 heteroatoms. The number of rotatable bonds is 12. The summed E-state index contributed by atoms with van der Waals surface area (Å²) in [6, 6.07) is 0. The SMILES string of the molecule is CC1=C(O)CC2CCC(C)(CCCC(C)CCCC(C)CCCC(C)C)OC2C1C. The smallest absolute Gasteiger partial charge is 0.0919 e. The van der Waals surface area contributed by atoms with E-state index < -0.39 is 0 Å². The van der Waals surface area contributed by atoms with Crippen molar-refractivity contribution in [1.82, 2.24) is 0 Å². The molecule has 1 N–H and O–H groups in total. The number of ether oxygens (including phenoxy) is 1. The first-order chi connectivity index (χ1) is 14.1. The number of hydrogen-bond acceptors (Lipinski definition) is 2. The molecule has 176 valence electrons. The molecule has 1 aliphatic carbocycles. The molecule has 6 atom stereocenters. The van der Waals surface area contributed by atoms with Crippen molar-refractivity contribution in [3.05, 3.63) is 11.3 Å². The van der Waals surface area contributed by atoms with Crippen molar-refractivity contribution >= 4 is 0 Å². The molecule has 2 aliphatic rings. The van der Waals surface area contributed by atoms with Crippen LogP contribution in [0.5, 0.6) is 0 Å². The summed E-state index contributed by atoms with van der Waals surface area (Å²) < 4.78 is 6.71. The van der Waals surface area contributed by atoms with E-state index >= 15 is 0 Å². The monoisotopic (exact) mass is 420 g/mol. The van der Waals surface area contributed by atoms with Crippen LogP contribution >= 0.6 is 0 Å². The first-order valence-electron chi connectivity index (χ1n) is 13.2. The second kappa shape index (κ2) is 11.9. The molecule has 1 saturated heterocycles. The van der Waals surface area contributed by atoms with Gasteiger partial charge in [0.15, 0.2) is 0 Å². The first kappa shape index (κ1) is 25.8. The molecule has 1 fully saturated rings. The van der Waals surface area contributed by atoms with Crippen LogP contribution in [0.1, 0.15) is 126 Å². The number of aliphatic hydroxyl groups is 1. The van der Waals surface area contributed by atoms with Crippen molar-refractivity contribution in [2.75, 3.05) is 0 Å². The maximum Gasteiger partial charge on any atom is 0.0919 e. The van der Waals surface area contributed by atoms with Crippen molar-refractivity contribution in [3.63, 3.8) is 0 Å². The molecule has 0 radical (unpaired) electrons. The molecular weight excluding hydrogens is 368 g/mol. The molecule has 0 aromatic rings. The topological polar surface area (TPSA) is 29.5 Å². The predicted molar refractivity (Wildman–Crippen MR) is 130 cm³/mol. The molecule has 6 unspecified atom stereocenters. The third-order valence-electron chi connectivity index (χ3n) is 8.29. The van der Waals surface area contributed by atoms with E-state index in [2.05, 4.69) is 48.5 Å². The molecule has 2 rings (SSSR count). The Kier molecular flexibility index (Phi) is 10.2. The third-order valence-corrected chi connectivity index (χ3v) is 8.29. The van der Waals surface area contributed by atoms with Crippen molar-refractivity contribution in [2.24, 2.45) is 29.6 Å². The quantitative estimate of drug-likeness (QED) is 0.341. The molecular formula is C28H52O2. The maximum absolute atomic E-state index is 10.2. The zero-order valence-corrected chi connectivity index (χ0v) is 21.3. The third kappa shape index (κ3) is 7.88. The van der Waals surface area contributed by atoms with Crippen molar-refractivity contribution in [2.45, 2.75) is 137 Å². The minimum Gasteiger partial charge on any atom is -0.512 e. The number of hydrogen-bond donors (Lipinski definition) is 1. The zero-order valence-electron chi connectivity index (χ0n) is 21.3. The van der Waals surface area contributed by atoms with E-state index in [-0.39, 0.29) is 5.60 Å². The molecule has 1 aliphatic heterocycles. The van der Waals surface area contributed by atoms with E-state index in [0.717, 1.165) is 36.2 Å². The Hall–Kier alpha value is -0.500. The van der Waals surface area contributed by atoms with Crippen molar-refractivity contribution in [3.8, 4) is 0 Å². The Morgan fingerprint density at radius 2 is 1.53 bits per heavy atom. The van der Waals surface area contributed by atoms with Crippen LogP contribution in [0.25, 0.3) is 0 Å². The van der Waals surface area contributed by atoms with E-state index in [1.807, 2.05) is 0 Å². The zero-order chi connectivity index (χ0) is 22.3. The summed E-state index contributed by atoms with van der Waals surface area (Å²) in [4.78, 5) is 0. The fourth-order valence-electron chi connectivity index (χ4n) is 5.77. The highest BCUT2D eigenvalue weighted by atomic mass is 16.5. The molecule has 0 amide bonds. The van der Waals surface area contributed by atoms with E-state index in [0.29, 0.717) is 23.7 Å². The Labute approximate surface area is 188 Å². The van der Waals surface area contributed by atoms with Gasteiger partial charge < -0.3 is 9.84 Å². The summed E-state index contributed by atoms with van der Waals surface area (Å²) in [6.45, 7) is 16.2. The molecule has 30 heavy (non-hydrogen) atoms. The van der Waals surface area contributed by atoms with Gasteiger partial charge in [-0.15, -0.1) is 0 Å². The Morgan fingerprint density at radius 1 is 0.967 bits per heavy atom. The van der Waals surface area contributed by atoms with Gasteiger partial charge in [-0.05, 0) is 62.4 Å². The van der Waals surface area contributed by atoms with Gasteiger partial charge in [0.1, 0.15) is 0 Å². The summed E-state index contributed by atoms with van der Waals surface area (Å²) in [6.07, 6.45) is 15.7. The second-order valence-electron chi connectivity index (χ2n) is 11.8. The molecule has 1 heterocycles. The first-order valence-corrected chi connectivity index (χ1v) is 13.2. The van der Waals surface area contributed by atoms with Gasteiger partial charge in [0.2, 0.25) is 0 Å². The minimum atomic E-state index is 0.0350. The Morgan fingerprint density at radius 3 is 2.13 bits per heavy atom. The van der Waals surface area contributed by atoms with Gasteiger partial charge in [-0.2, -0.15) is 0 Å². The van der Waals surface area contributed by atoms with Gasteiger partial charge >= 0.3 is 0 Å². The van der Waals surface area contributed by atoms with Gasteiger partial charge in [-0.1, -0.05) is 86.0 Å². The van der Waals surface area contributed by atoms with Crippen LogP contribution in [-0.2, 0) is 4.74 Å². The summed E-state index contributed by atoms with van der Waals surface area (Å²) >= 11 is 0. The van der Waals surface area contributed by atoms with Gasteiger partial charge in [0.05, 0.1) is 17.5 Å². The molecule has 0 aromatic carbocycles. The van der Waals surface area contributed by atoms with Crippen LogP contribution in [0.15, 0.2) is 11.3 Å². The number of fused-ring (bicyclic) bond motifs is 1. The van der Waals surface area contributed by atoms with Crippen LogP contribution in [-0.4, -0.2) is 16.8 Å². The summed E-state index contributed by atoms with van der Waals surface area (Å²) in [5.74, 6) is 4.07. The average molecular weight is 421 g/mol. The van der Waals surface area contributed by atoms with Gasteiger partial charge in [-0.25, -0.2) is 0 Å². The number of allylic oxidation sites excluding steroid dienone is 1. The molecule has 0 bridgehead atoms. The normalized spacial score (nSPS) is 31.7. The van der Waals surface area contributed by atoms with E-state index in [1.54, 1.807) is 0 Å². The van der Waals surface area contributed by atoms with E-state index in [9.17, 15) is 5.11 Å². The standard InChI is InChI=1S/C28H52O2/c1-20(2)11-8-12-21(3)13-9-14-22(4)15-10-17-28(7)18-16-25-19-26(29)23(5)24(6)27(25)30-28/h20-22,24-25,27,29H,8-19H2,1-7H3. The van der Waals surface area contributed by atoms with E-state index in [4.69, 9.17) is 4.74 Å². The van der Waals surface area contributed by atoms with Gasteiger partial charge in [0, 0.05) is 12.3 Å². The lowest BCUT2D eigenvalue weighted by molar-refractivity contribution is -0.166. The Balaban J connectivity index is 1.64. The predicted octanol–water partition coefficient (Wildman–Crippen LogP) is 8.85. The fraction of sp³-hybridized carbons (Fsp3) is 0.929. The molecule has 0 saturated carbocycles. The minimum absolute atomic E-state index is 0.0350.